The Morgan fingerprint density at radius 2 is 0.429 bits per heavy atom. The van der Waals surface area contributed by atoms with Crippen LogP contribution in [0.4, 0.5) is 0 Å². The average Bonchev–Trinajstić information content (AvgIpc) is 3.43. The zero-order valence-corrected chi connectivity index (χ0v) is 52.3. The van der Waals surface area contributed by atoms with Gasteiger partial charge in [0.1, 0.15) is 13.2 Å². The molecular formula is C71H134O6. The molecular weight excluding hydrogens is 949 g/mol. The van der Waals surface area contributed by atoms with Crippen molar-refractivity contribution in [1.29, 1.82) is 0 Å². The van der Waals surface area contributed by atoms with E-state index < -0.39 is 6.10 Å². The molecule has 1 unspecified atom stereocenters. The summed E-state index contributed by atoms with van der Waals surface area (Å²) in [6, 6.07) is 0. The van der Waals surface area contributed by atoms with E-state index in [2.05, 4.69) is 45.1 Å². The largest absolute Gasteiger partial charge is 0.462 e. The molecule has 0 saturated carbocycles. The number of rotatable bonds is 65. The quantitative estimate of drug-likeness (QED) is 0.0261. The van der Waals surface area contributed by atoms with E-state index in [0.29, 0.717) is 19.3 Å². The molecule has 77 heavy (non-hydrogen) atoms. The molecule has 0 aromatic rings. The molecule has 0 spiro atoms. The van der Waals surface area contributed by atoms with Gasteiger partial charge in [-0.25, -0.2) is 0 Å². The Balaban J connectivity index is 4.20. The number of unbranched alkanes of at least 4 members (excludes halogenated alkanes) is 50. The van der Waals surface area contributed by atoms with Gasteiger partial charge in [0.05, 0.1) is 0 Å². The third kappa shape index (κ3) is 64.6. The Morgan fingerprint density at radius 3 is 0.675 bits per heavy atom. The van der Waals surface area contributed by atoms with Crippen molar-refractivity contribution in [3.05, 3.63) is 24.3 Å². The molecule has 0 aromatic heterocycles. The number of esters is 3. The maximum absolute atomic E-state index is 12.9. The van der Waals surface area contributed by atoms with Crippen LogP contribution in [-0.2, 0) is 28.6 Å². The van der Waals surface area contributed by atoms with Crippen molar-refractivity contribution >= 4 is 17.9 Å². The minimum absolute atomic E-state index is 0.0684. The first kappa shape index (κ1) is 74.9. The van der Waals surface area contributed by atoms with Gasteiger partial charge in [0.25, 0.3) is 0 Å². The van der Waals surface area contributed by atoms with Gasteiger partial charge in [0.2, 0.25) is 0 Å². The predicted molar refractivity (Wildman–Crippen MR) is 335 cm³/mol. The molecule has 6 nitrogen and oxygen atoms in total. The van der Waals surface area contributed by atoms with Gasteiger partial charge in [0, 0.05) is 19.3 Å². The summed E-state index contributed by atoms with van der Waals surface area (Å²) >= 11 is 0. The fraction of sp³-hybridized carbons (Fsp3) is 0.901. The van der Waals surface area contributed by atoms with E-state index in [4.69, 9.17) is 14.2 Å². The zero-order chi connectivity index (χ0) is 55.7. The van der Waals surface area contributed by atoms with Crippen molar-refractivity contribution in [1.82, 2.24) is 0 Å². The van der Waals surface area contributed by atoms with E-state index in [1.807, 2.05) is 0 Å². The molecule has 0 aliphatic heterocycles. The van der Waals surface area contributed by atoms with Crippen molar-refractivity contribution in [3.8, 4) is 0 Å². The molecule has 0 aliphatic rings. The van der Waals surface area contributed by atoms with Gasteiger partial charge < -0.3 is 14.2 Å². The molecule has 0 fully saturated rings. The van der Waals surface area contributed by atoms with Crippen molar-refractivity contribution in [2.24, 2.45) is 0 Å². The van der Waals surface area contributed by atoms with Crippen LogP contribution in [0.25, 0.3) is 0 Å². The molecule has 0 N–H and O–H groups in total. The standard InChI is InChI=1S/C71H134O6/c1-4-7-10-13-16-19-22-25-27-29-31-33-35-36-37-39-40-42-44-46-49-52-55-58-61-64-70(73)76-67-68(66-75-69(72)63-60-57-54-51-48-24-21-18-15-12-9-6-3)77-71(74)65-62-59-56-53-50-47-45-43-41-38-34-32-30-28-26-23-20-17-14-11-8-5-2/h18,21,29,31,68H,4-17,19-20,22-28,30,32-67H2,1-3H3/b21-18-,31-29-. The topological polar surface area (TPSA) is 78.9 Å². The Labute approximate surface area is 481 Å². The highest BCUT2D eigenvalue weighted by Gasteiger charge is 2.19. The van der Waals surface area contributed by atoms with Gasteiger partial charge in [-0.2, -0.15) is 0 Å². The molecule has 0 radical (unpaired) electrons. The molecule has 0 rings (SSSR count). The molecule has 0 saturated heterocycles. The zero-order valence-electron chi connectivity index (χ0n) is 52.3. The van der Waals surface area contributed by atoms with Gasteiger partial charge in [0.15, 0.2) is 6.10 Å². The van der Waals surface area contributed by atoms with Gasteiger partial charge in [-0.1, -0.05) is 328 Å². The van der Waals surface area contributed by atoms with Crippen molar-refractivity contribution in [3.63, 3.8) is 0 Å². The minimum Gasteiger partial charge on any atom is -0.462 e. The van der Waals surface area contributed by atoms with Crippen LogP contribution in [0.2, 0.25) is 0 Å². The first-order valence-corrected chi connectivity index (χ1v) is 34.8. The minimum atomic E-state index is -0.772. The van der Waals surface area contributed by atoms with Gasteiger partial charge >= 0.3 is 17.9 Å². The number of ether oxygens (including phenoxy) is 3. The fourth-order valence-electron chi connectivity index (χ4n) is 10.7. The van der Waals surface area contributed by atoms with Gasteiger partial charge in [-0.15, -0.1) is 0 Å². The number of allylic oxidation sites excluding steroid dienone is 4. The smallest absolute Gasteiger partial charge is 0.306 e. The van der Waals surface area contributed by atoms with Crippen LogP contribution in [0.5, 0.6) is 0 Å². The maximum atomic E-state index is 12.9. The number of carbonyl (C=O) groups is 3. The Kier molecular flexibility index (Phi) is 64.6. The molecule has 454 valence electrons. The van der Waals surface area contributed by atoms with Crippen molar-refractivity contribution in [2.45, 2.75) is 399 Å². The van der Waals surface area contributed by atoms with Gasteiger partial charge in [-0.3, -0.25) is 14.4 Å². The van der Waals surface area contributed by atoms with Crippen molar-refractivity contribution in [2.75, 3.05) is 13.2 Å². The second kappa shape index (κ2) is 66.4. The summed E-state index contributed by atoms with van der Waals surface area (Å²) in [5, 5.41) is 0. The lowest BCUT2D eigenvalue weighted by molar-refractivity contribution is -0.167. The molecule has 6 heteroatoms. The summed E-state index contributed by atoms with van der Waals surface area (Å²) in [6.45, 7) is 6.69. The third-order valence-electron chi connectivity index (χ3n) is 15.9. The Morgan fingerprint density at radius 1 is 0.247 bits per heavy atom. The lowest BCUT2D eigenvalue weighted by Crippen LogP contribution is -2.30. The third-order valence-corrected chi connectivity index (χ3v) is 15.9. The van der Waals surface area contributed by atoms with Crippen LogP contribution < -0.4 is 0 Å². The highest BCUT2D eigenvalue weighted by atomic mass is 16.6. The molecule has 0 bridgehead atoms. The van der Waals surface area contributed by atoms with E-state index in [-0.39, 0.29) is 31.1 Å². The highest BCUT2D eigenvalue weighted by Crippen LogP contribution is 2.18. The molecule has 1 atom stereocenters. The Bertz CT molecular complexity index is 1240. The second-order valence-electron chi connectivity index (χ2n) is 23.8. The number of hydrogen-bond acceptors (Lipinski definition) is 6. The first-order chi connectivity index (χ1) is 38.0. The summed E-state index contributed by atoms with van der Waals surface area (Å²) in [5.74, 6) is -0.848. The summed E-state index contributed by atoms with van der Waals surface area (Å²) in [7, 11) is 0. The van der Waals surface area contributed by atoms with Crippen LogP contribution in [-0.4, -0.2) is 37.2 Å². The summed E-state index contributed by atoms with van der Waals surface area (Å²) < 4.78 is 17.0. The lowest BCUT2D eigenvalue weighted by atomic mass is 10.0. The first-order valence-electron chi connectivity index (χ1n) is 34.8. The second-order valence-corrected chi connectivity index (χ2v) is 23.8. The maximum Gasteiger partial charge on any atom is 0.306 e. The SMILES string of the molecule is CCCCC/C=C\CCCCCCCC(=O)OCC(COC(=O)CCCCCCCCCCCCCCC/C=C\CCCCCCCCCC)OC(=O)CCCCCCCCCCCCCCCCCCCCCCCC. The molecule has 0 aromatic carbocycles. The van der Waals surface area contributed by atoms with E-state index in [1.165, 1.54) is 289 Å². The summed E-state index contributed by atoms with van der Waals surface area (Å²) in [5.41, 5.74) is 0. The van der Waals surface area contributed by atoms with Crippen LogP contribution in [0.3, 0.4) is 0 Å². The Hall–Kier alpha value is -2.11. The molecule has 0 heterocycles. The number of carbonyl (C=O) groups excluding carboxylic acids is 3. The fourth-order valence-corrected chi connectivity index (χ4v) is 10.7. The van der Waals surface area contributed by atoms with E-state index in [0.717, 1.165) is 64.2 Å². The van der Waals surface area contributed by atoms with Gasteiger partial charge in [-0.05, 0) is 70.6 Å². The summed E-state index contributed by atoms with van der Waals surface area (Å²) in [4.78, 5) is 38.4. The van der Waals surface area contributed by atoms with E-state index in [1.54, 1.807) is 0 Å². The van der Waals surface area contributed by atoms with Crippen LogP contribution in [0.1, 0.15) is 393 Å². The van der Waals surface area contributed by atoms with Crippen LogP contribution in [0.15, 0.2) is 24.3 Å². The van der Waals surface area contributed by atoms with E-state index >= 15 is 0 Å². The summed E-state index contributed by atoms with van der Waals surface area (Å²) in [6.07, 6.45) is 80.7. The lowest BCUT2D eigenvalue weighted by Gasteiger charge is -2.18. The highest BCUT2D eigenvalue weighted by molar-refractivity contribution is 5.71. The average molecular weight is 1080 g/mol. The monoisotopic (exact) mass is 1080 g/mol. The van der Waals surface area contributed by atoms with Crippen LogP contribution in [0, 0.1) is 0 Å². The molecule has 0 aliphatic carbocycles. The number of hydrogen-bond donors (Lipinski definition) is 0. The normalized spacial score (nSPS) is 12.1. The predicted octanol–water partition coefficient (Wildman–Crippen LogP) is 23.8. The van der Waals surface area contributed by atoms with E-state index in [9.17, 15) is 14.4 Å². The molecule has 0 amide bonds. The van der Waals surface area contributed by atoms with Crippen LogP contribution >= 0.6 is 0 Å². The van der Waals surface area contributed by atoms with Crippen molar-refractivity contribution < 1.29 is 28.6 Å².